The van der Waals surface area contributed by atoms with Crippen LogP contribution < -0.4 is 10.6 Å². The molecular weight excluding hydrogens is 411 g/mol. The number of likely N-dealkylation sites (tertiary alicyclic amines) is 1. The van der Waals surface area contributed by atoms with Crippen LogP contribution in [-0.2, 0) is 13.1 Å². The van der Waals surface area contributed by atoms with Gasteiger partial charge >= 0.3 is 0 Å². The summed E-state index contributed by atoms with van der Waals surface area (Å²) in [5, 5.41) is 6.65. The number of hydrogen-bond donors (Lipinski definition) is 2. The fourth-order valence-electron chi connectivity index (χ4n) is 3.04. The van der Waals surface area contributed by atoms with Gasteiger partial charge in [-0.25, -0.2) is 0 Å². The number of benzene rings is 1. The minimum absolute atomic E-state index is 0. The molecule has 1 aromatic carbocycles. The van der Waals surface area contributed by atoms with Gasteiger partial charge in [0, 0.05) is 32.7 Å². The van der Waals surface area contributed by atoms with Crippen LogP contribution in [0.5, 0.6) is 0 Å². The Morgan fingerprint density at radius 2 is 1.88 bits per heavy atom. The van der Waals surface area contributed by atoms with Crippen molar-refractivity contribution in [3.63, 3.8) is 0 Å². The Hall–Kier alpha value is -0.820. The third kappa shape index (κ3) is 6.97. The van der Waals surface area contributed by atoms with Gasteiger partial charge in [0.15, 0.2) is 5.96 Å². The number of nitrogens with zero attached hydrogens (tertiary/aromatic N) is 2. The van der Waals surface area contributed by atoms with E-state index < -0.39 is 0 Å². The monoisotopic (exact) mass is 444 g/mol. The van der Waals surface area contributed by atoms with Crippen LogP contribution in [0.4, 0.5) is 0 Å². The third-order valence-electron chi connectivity index (χ3n) is 4.58. The maximum absolute atomic E-state index is 4.23. The smallest absolute Gasteiger partial charge is 0.191 e. The second kappa shape index (κ2) is 11.7. The summed E-state index contributed by atoms with van der Waals surface area (Å²) in [6.45, 7) is 8.59. The minimum Gasteiger partial charge on any atom is -0.356 e. The van der Waals surface area contributed by atoms with E-state index in [1.165, 1.54) is 36.9 Å². The summed E-state index contributed by atoms with van der Waals surface area (Å²) in [5.74, 6) is 0.873. The molecule has 1 heterocycles. The van der Waals surface area contributed by atoms with Crippen LogP contribution in [0.3, 0.4) is 0 Å². The van der Waals surface area contributed by atoms with Crippen molar-refractivity contribution in [1.82, 2.24) is 15.5 Å². The molecule has 0 amide bonds. The lowest BCUT2D eigenvalue weighted by Crippen LogP contribution is -2.37. The zero-order chi connectivity index (χ0) is 16.5. The molecule has 2 rings (SSSR count). The zero-order valence-electron chi connectivity index (χ0n) is 15.3. The summed E-state index contributed by atoms with van der Waals surface area (Å²) < 4.78 is 0. The summed E-state index contributed by atoms with van der Waals surface area (Å²) in [5.41, 5.74) is 2.70. The number of guanidine groups is 1. The van der Waals surface area contributed by atoms with Gasteiger partial charge in [-0.3, -0.25) is 9.89 Å². The maximum atomic E-state index is 4.23. The van der Waals surface area contributed by atoms with E-state index in [0.29, 0.717) is 0 Å². The first-order chi connectivity index (χ1) is 11.2. The summed E-state index contributed by atoms with van der Waals surface area (Å²) >= 11 is 0. The molecule has 0 aliphatic carbocycles. The van der Waals surface area contributed by atoms with Gasteiger partial charge in [0.2, 0.25) is 0 Å². The van der Waals surface area contributed by atoms with E-state index in [4.69, 9.17) is 0 Å². The molecule has 1 aliphatic heterocycles. The van der Waals surface area contributed by atoms with E-state index in [-0.39, 0.29) is 24.0 Å². The van der Waals surface area contributed by atoms with Crippen LogP contribution in [0.15, 0.2) is 29.3 Å². The first-order valence-electron chi connectivity index (χ1n) is 8.99. The van der Waals surface area contributed by atoms with Crippen molar-refractivity contribution in [2.24, 2.45) is 4.99 Å². The number of nitrogens with one attached hydrogen (secondary N) is 2. The van der Waals surface area contributed by atoms with Crippen molar-refractivity contribution in [2.45, 2.75) is 58.7 Å². The SMILES string of the molecule is CCCNC(=NC)NCc1ccc(CN2CCCCC2C)cc1.I. The van der Waals surface area contributed by atoms with E-state index in [2.05, 4.69) is 58.6 Å². The average Bonchev–Trinajstić information content (AvgIpc) is 2.58. The van der Waals surface area contributed by atoms with Gasteiger partial charge in [0.25, 0.3) is 0 Å². The molecule has 5 heteroatoms. The molecule has 24 heavy (non-hydrogen) atoms. The predicted octanol–water partition coefficient (Wildman–Crippen LogP) is 3.75. The van der Waals surface area contributed by atoms with Crippen LogP contribution in [0.1, 0.15) is 50.7 Å². The topological polar surface area (TPSA) is 39.7 Å². The number of aliphatic imine (C=N–C) groups is 1. The molecule has 1 atom stereocenters. The summed E-state index contributed by atoms with van der Waals surface area (Å²) in [4.78, 5) is 6.84. The molecule has 0 aromatic heterocycles. The fourth-order valence-corrected chi connectivity index (χ4v) is 3.04. The summed E-state index contributed by atoms with van der Waals surface area (Å²) in [6, 6.07) is 9.70. The molecule has 1 aromatic rings. The van der Waals surface area contributed by atoms with Gasteiger partial charge in [-0.1, -0.05) is 37.6 Å². The first-order valence-corrected chi connectivity index (χ1v) is 8.99. The van der Waals surface area contributed by atoms with Crippen molar-refractivity contribution < 1.29 is 0 Å². The lowest BCUT2D eigenvalue weighted by atomic mass is 10.0. The minimum atomic E-state index is 0. The highest BCUT2D eigenvalue weighted by atomic mass is 127. The van der Waals surface area contributed by atoms with E-state index in [1.54, 1.807) is 0 Å². The van der Waals surface area contributed by atoms with E-state index in [9.17, 15) is 0 Å². The third-order valence-corrected chi connectivity index (χ3v) is 4.58. The molecule has 0 radical (unpaired) electrons. The van der Waals surface area contributed by atoms with Crippen LogP contribution >= 0.6 is 24.0 Å². The van der Waals surface area contributed by atoms with Gasteiger partial charge in [-0.15, -0.1) is 24.0 Å². The highest BCUT2D eigenvalue weighted by molar-refractivity contribution is 14.0. The van der Waals surface area contributed by atoms with Gasteiger partial charge in [-0.2, -0.15) is 0 Å². The average molecular weight is 444 g/mol. The summed E-state index contributed by atoms with van der Waals surface area (Å²) in [7, 11) is 1.81. The van der Waals surface area contributed by atoms with E-state index in [0.717, 1.165) is 38.1 Å². The Balaban J connectivity index is 0.00000288. The predicted molar refractivity (Wildman–Crippen MR) is 114 cm³/mol. The Labute approximate surface area is 164 Å². The highest BCUT2D eigenvalue weighted by Crippen LogP contribution is 2.19. The molecule has 1 fully saturated rings. The van der Waals surface area contributed by atoms with Crippen LogP contribution in [0, 0.1) is 0 Å². The van der Waals surface area contributed by atoms with Crippen molar-refractivity contribution >= 4 is 29.9 Å². The van der Waals surface area contributed by atoms with E-state index >= 15 is 0 Å². The molecule has 0 spiro atoms. The van der Waals surface area contributed by atoms with Crippen molar-refractivity contribution in [1.29, 1.82) is 0 Å². The lowest BCUT2D eigenvalue weighted by molar-refractivity contribution is 0.152. The molecule has 1 saturated heterocycles. The number of rotatable bonds is 6. The molecular formula is C19H33IN4. The van der Waals surface area contributed by atoms with Crippen molar-refractivity contribution in [2.75, 3.05) is 20.1 Å². The van der Waals surface area contributed by atoms with Gasteiger partial charge in [0.05, 0.1) is 0 Å². The Morgan fingerprint density at radius 1 is 1.17 bits per heavy atom. The van der Waals surface area contributed by atoms with Gasteiger partial charge in [0.1, 0.15) is 0 Å². The first kappa shape index (κ1) is 21.2. The largest absolute Gasteiger partial charge is 0.356 e. The fraction of sp³-hybridized carbons (Fsp3) is 0.632. The standard InChI is InChI=1S/C19H32N4.HI/c1-4-12-21-19(20-3)22-14-17-8-10-18(11-9-17)15-23-13-6-5-7-16(23)2;/h8-11,16H,4-7,12-15H2,1-3H3,(H2,20,21,22);1H. The second-order valence-electron chi connectivity index (χ2n) is 6.48. The van der Waals surface area contributed by atoms with Crippen molar-refractivity contribution in [3.8, 4) is 0 Å². The number of hydrogen-bond acceptors (Lipinski definition) is 2. The second-order valence-corrected chi connectivity index (χ2v) is 6.48. The van der Waals surface area contributed by atoms with Crippen LogP contribution in [-0.4, -0.2) is 37.0 Å². The Bertz CT molecular complexity index is 487. The quantitative estimate of drug-likeness (QED) is 0.399. The molecule has 2 N–H and O–H groups in total. The highest BCUT2D eigenvalue weighted by Gasteiger charge is 2.17. The molecule has 0 bridgehead atoms. The Kier molecular flexibility index (Phi) is 10.3. The van der Waals surface area contributed by atoms with E-state index in [1.807, 2.05) is 7.05 Å². The molecule has 4 nitrogen and oxygen atoms in total. The Morgan fingerprint density at radius 3 is 2.50 bits per heavy atom. The lowest BCUT2D eigenvalue weighted by Gasteiger charge is -2.33. The maximum Gasteiger partial charge on any atom is 0.191 e. The van der Waals surface area contributed by atoms with Crippen LogP contribution in [0.25, 0.3) is 0 Å². The van der Waals surface area contributed by atoms with Crippen molar-refractivity contribution in [3.05, 3.63) is 35.4 Å². The molecule has 0 saturated carbocycles. The summed E-state index contributed by atoms with van der Waals surface area (Å²) in [6.07, 6.45) is 5.17. The molecule has 136 valence electrons. The molecule has 1 unspecified atom stereocenters. The normalized spacial score (nSPS) is 18.8. The zero-order valence-corrected chi connectivity index (χ0v) is 17.7. The van der Waals surface area contributed by atoms with Crippen LogP contribution in [0.2, 0.25) is 0 Å². The number of halogens is 1. The van der Waals surface area contributed by atoms with Gasteiger partial charge < -0.3 is 10.6 Å². The number of piperidine rings is 1. The van der Waals surface area contributed by atoms with Gasteiger partial charge in [-0.05, 0) is 43.9 Å². The molecule has 1 aliphatic rings.